The molecule has 32 heavy (non-hydrogen) atoms. The number of fused-ring (bicyclic) bond motifs is 1. The van der Waals surface area contributed by atoms with Gasteiger partial charge in [-0.1, -0.05) is 36.2 Å². The molecule has 1 unspecified atom stereocenters. The molecule has 0 spiro atoms. The summed E-state index contributed by atoms with van der Waals surface area (Å²) in [6.45, 7) is 2.73. The summed E-state index contributed by atoms with van der Waals surface area (Å²) in [5.74, 6) is 0.844. The van der Waals surface area contributed by atoms with Crippen LogP contribution in [0, 0.1) is 5.92 Å². The minimum Gasteiger partial charge on any atom is -0.465 e. The normalized spacial score (nSPS) is 15.2. The largest absolute Gasteiger partial charge is 0.465 e. The summed E-state index contributed by atoms with van der Waals surface area (Å²) >= 11 is 19.3. The van der Waals surface area contributed by atoms with Gasteiger partial charge in [-0.25, -0.2) is 4.79 Å². The smallest absolute Gasteiger partial charge is 0.341 e. The third-order valence-electron chi connectivity index (χ3n) is 5.36. The SMILES string of the molecule is COC(=O)c1c(NC(=S)Nc2ccn(Cc3ccc(Cl)cc3Cl)n2)sc2c1CCC(C)C2. The van der Waals surface area contributed by atoms with Crippen molar-refractivity contribution >= 4 is 68.7 Å². The van der Waals surface area contributed by atoms with Crippen LogP contribution in [0.15, 0.2) is 30.5 Å². The molecule has 0 amide bonds. The van der Waals surface area contributed by atoms with Crippen molar-refractivity contribution in [2.75, 3.05) is 17.7 Å². The first-order valence-electron chi connectivity index (χ1n) is 10.1. The lowest BCUT2D eigenvalue weighted by molar-refractivity contribution is 0.0601. The van der Waals surface area contributed by atoms with Crippen molar-refractivity contribution in [1.29, 1.82) is 0 Å². The first-order valence-corrected chi connectivity index (χ1v) is 12.1. The Hall–Kier alpha value is -2.13. The average Bonchev–Trinajstić information content (AvgIpc) is 3.32. The lowest BCUT2D eigenvalue weighted by atomic mass is 9.88. The number of nitrogens with one attached hydrogen (secondary N) is 2. The van der Waals surface area contributed by atoms with Crippen LogP contribution in [-0.2, 0) is 24.1 Å². The Kier molecular flexibility index (Phi) is 7.05. The summed E-state index contributed by atoms with van der Waals surface area (Å²) in [6.07, 6.45) is 4.73. The monoisotopic (exact) mass is 508 g/mol. The maximum atomic E-state index is 12.5. The molecule has 1 aliphatic rings. The topological polar surface area (TPSA) is 68.2 Å². The zero-order chi connectivity index (χ0) is 22.8. The number of thiophene rings is 1. The number of rotatable bonds is 5. The van der Waals surface area contributed by atoms with Gasteiger partial charge in [-0.05, 0) is 60.7 Å². The Balaban J connectivity index is 1.46. The Bertz CT molecular complexity index is 1170. The van der Waals surface area contributed by atoms with E-state index in [1.54, 1.807) is 28.2 Å². The van der Waals surface area contributed by atoms with E-state index in [2.05, 4.69) is 22.7 Å². The van der Waals surface area contributed by atoms with E-state index in [-0.39, 0.29) is 5.97 Å². The second-order valence-electron chi connectivity index (χ2n) is 7.76. The van der Waals surface area contributed by atoms with Gasteiger partial charge in [0, 0.05) is 27.2 Å². The second-order valence-corrected chi connectivity index (χ2v) is 10.1. The first kappa shape index (κ1) is 23.0. The van der Waals surface area contributed by atoms with Gasteiger partial charge in [0.2, 0.25) is 0 Å². The number of methoxy groups -OCH3 is 1. The number of halogens is 2. The molecule has 10 heteroatoms. The van der Waals surface area contributed by atoms with Gasteiger partial charge in [-0.15, -0.1) is 11.3 Å². The third kappa shape index (κ3) is 5.09. The summed E-state index contributed by atoms with van der Waals surface area (Å²) in [6, 6.07) is 7.20. The Morgan fingerprint density at radius 2 is 2.16 bits per heavy atom. The standard InChI is InChI=1S/C22H22Cl2N4O2S2/c1-12-3-6-15-17(9-12)32-20(19(15)21(29)30-2)26-22(31)25-18-7-8-28(27-18)11-13-4-5-14(23)10-16(13)24/h4-5,7-8,10,12H,3,6,9,11H2,1-2H3,(H2,25,26,27,31). The minimum atomic E-state index is -0.341. The fraction of sp³-hybridized carbons (Fsp3) is 0.318. The highest BCUT2D eigenvalue weighted by Gasteiger charge is 2.28. The number of hydrogen-bond acceptors (Lipinski definition) is 5. The molecule has 2 heterocycles. The van der Waals surface area contributed by atoms with Gasteiger partial charge in [-0.3, -0.25) is 4.68 Å². The number of hydrogen-bond donors (Lipinski definition) is 2. The fourth-order valence-corrected chi connectivity index (χ4v) is 5.89. The summed E-state index contributed by atoms with van der Waals surface area (Å²) in [4.78, 5) is 13.7. The van der Waals surface area contributed by atoms with E-state index >= 15 is 0 Å². The zero-order valence-corrected chi connectivity index (χ0v) is 20.7. The molecule has 1 atom stereocenters. The van der Waals surface area contributed by atoms with Crippen LogP contribution in [0.2, 0.25) is 10.0 Å². The van der Waals surface area contributed by atoms with Crippen LogP contribution in [0.5, 0.6) is 0 Å². The number of thiocarbonyl (C=S) groups is 1. The predicted octanol–water partition coefficient (Wildman–Crippen LogP) is 6.02. The number of carbonyl (C=O) groups excluding carboxylic acids is 1. The number of anilines is 2. The summed E-state index contributed by atoms with van der Waals surface area (Å²) < 4.78 is 6.79. The summed E-state index contributed by atoms with van der Waals surface area (Å²) in [5.41, 5.74) is 2.58. The number of esters is 1. The molecule has 0 radical (unpaired) electrons. The van der Waals surface area contributed by atoms with Crippen LogP contribution in [0.3, 0.4) is 0 Å². The predicted molar refractivity (Wildman–Crippen MR) is 134 cm³/mol. The van der Waals surface area contributed by atoms with Crippen molar-refractivity contribution in [3.05, 3.63) is 62.1 Å². The number of carbonyl (C=O) groups is 1. The Labute approximate surface area is 205 Å². The highest BCUT2D eigenvalue weighted by Crippen LogP contribution is 2.40. The van der Waals surface area contributed by atoms with Crippen LogP contribution >= 0.6 is 46.8 Å². The summed E-state index contributed by atoms with van der Waals surface area (Å²) in [5, 5.41) is 13.0. The number of ether oxygens (including phenoxy) is 1. The molecule has 0 aliphatic heterocycles. The summed E-state index contributed by atoms with van der Waals surface area (Å²) in [7, 11) is 1.40. The van der Waals surface area contributed by atoms with Gasteiger partial charge in [0.1, 0.15) is 5.00 Å². The van der Waals surface area contributed by atoms with E-state index in [4.69, 9.17) is 40.2 Å². The first-order chi connectivity index (χ1) is 15.3. The Morgan fingerprint density at radius 1 is 1.34 bits per heavy atom. The highest BCUT2D eigenvalue weighted by atomic mass is 35.5. The molecule has 0 saturated heterocycles. The minimum absolute atomic E-state index is 0.341. The molecule has 3 aromatic rings. The van der Waals surface area contributed by atoms with Gasteiger partial charge in [0.05, 0.1) is 19.2 Å². The van der Waals surface area contributed by atoms with Crippen LogP contribution < -0.4 is 10.6 Å². The van der Waals surface area contributed by atoms with E-state index in [1.165, 1.54) is 12.0 Å². The van der Waals surface area contributed by atoms with Crippen molar-refractivity contribution < 1.29 is 9.53 Å². The quantitative estimate of drug-likeness (QED) is 0.324. The number of benzene rings is 1. The van der Waals surface area contributed by atoms with Gasteiger partial charge in [-0.2, -0.15) is 5.10 Å². The second kappa shape index (κ2) is 9.79. The van der Waals surface area contributed by atoms with Crippen molar-refractivity contribution in [3.63, 3.8) is 0 Å². The van der Waals surface area contributed by atoms with Crippen LogP contribution in [0.1, 0.15) is 39.7 Å². The Morgan fingerprint density at radius 3 is 2.91 bits per heavy atom. The molecule has 1 aromatic carbocycles. The van der Waals surface area contributed by atoms with E-state index < -0.39 is 0 Å². The molecular formula is C22H22Cl2N4O2S2. The van der Waals surface area contributed by atoms with E-state index in [0.29, 0.717) is 44.0 Å². The highest BCUT2D eigenvalue weighted by molar-refractivity contribution is 7.80. The van der Waals surface area contributed by atoms with Gasteiger partial charge >= 0.3 is 5.97 Å². The molecule has 168 valence electrons. The third-order valence-corrected chi connectivity index (χ3v) is 7.32. The van der Waals surface area contributed by atoms with Crippen molar-refractivity contribution in [3.8, 4) is 0 Å². The van der Waals surface area contributed by atoms with Crippen molar-refractivity contribution in [2.24, 2.45) is 5.92 Å². The molecule has 0 saturated carbocycles. The van der Waals surface area contributed by atoms with Crippen LogP contribution in [0.25, 0.3) is 0 Å². The molecule has 0 bridgehead atoms. The molecular weight excluding hydrogens is 487 g/mol. The number of aromatic nitrogens is 2. The lowest BCUT2D eigenvalue weighted by Crippen LogP contribution is -2.21. The molecule has 2 aromatic heterocycles. The van der Waals surface area contributed by atoms with E-state index in [1.807, 2.05) is 18.3 Å². The van der Waals surface area contributed by atoms with Gasteiger partial charge in [0.15, 0.2) is 10.9 Å². The molecule has 0 fully saturated rings. The maximum absolute atomic E-state index is 12.5. The number of nitrogens with zero attached hydrogens (tertiary/aromatic N) is 2. The van der Waals surface area contributed by atoms with Crippen molar-refractivity contribution in [1.82, 2.24) is 9.78 Å². The molecule has 2 N–H and O–H groups in total. The maximum Gasteiger partial charge on any atom is 0.341 e. The van der Waals surface area contributed by atoms with Crippen LogP contribution in [-0.4, -0.2) is 28.0 Å². The average molecular weight is 509 g/mol. The van der Waals surface area contributed by atoms with Crippen LogP contribution in [0.4, 0.5) is 10.8 Å². The molecule has 1 aliphatic carbocycles. The zero-order valence-electron chi connectivity index (χ0n) is 17.6. The molecule has 4 rings (SSSR count). The van der Waals surface area contributed by atoms with E-state index in [9.17, 15) is 4.79 Å². The fourth-order valence-electron chi connectivity index (χ4n) is 3.75. The van der Waals surface area contributed by atoms with Gasteiger partial charge < -0.3 is 15.4 Å². The molecule has 6 nitrogen and oxygen atoms in total. The lowest BCUT2D eigenvalue weighted by Gasteiger charge is -2.18. The van der Waals surface area contributed by atoms with E-state index in [0.717, 1.165) is 30.4 Å². The van der Waals surface area contributed by atoms with Crippen molar-refractivity contribution in [2.45, 2.75) is 32.7 Å². The van der Waals surface area contributed by atoms with Gasteiger partial charge in [0.25, 0.3) is 0 Å².